The lowest BCUT2D eigenvalue weighted by atomic mass is 10.0. The summed E-state index contributed by atoms with van der Waals surface area (Å²) in [7, 11) is 0. The molecule has 0 saturated heterocycles. The molecule has 0 spiro atoms. The van der Waals surface area contributed by atoms with Crippen molar-refractivity contribution in [2.75, 3.05) is 13.2 Å². The van der Waals surface area contributed by atoms with E-state index in [-0.39, 0.29) is 18.5 Å². The lowest BCUT2D eigenvalue weighted by molar-refractivity contribution is -0.143. The first kappa shape index (κ1) is 68.1. The molecule has 70 heavy (non-hydrogen) atoms. The van der Waals surface area contributed by atoms with Crippen LogP contribution in [0.25, 0.3) is 0 Å². The van der Waals surface area contributed by atoms with Crippen LogP contribution in [0, 0.1) is 0 Å². The summed E-state index contributed by atoms with van der Waals surface area (Å²) < 4.78 is 5.47. The van der Waals surface area contributed by atoms with Crippen LogP contribution in [-0.4, -0.2) is 47.4 Å². The van der Waals surface area contributed by atoms with Gasteiger partial charge in [-0.3, -0.25) is 9.59 Å². The van der Waals surface area contributed by atoms with Gasteiger partial charge in [0, 0.05) is 12.8 Å². The van der Waals surface area contributed by atoms with Crippen LogP contribution in [0.3, 0.4) is 0 Å². The highest BCUT2D eigenvalue weighted by Gasteiger charge is 2.18. The molecule has 6 nitrogen and oxygen atoms in total. The van der Waals surface area contributed by atoms with Crippen molar-refractivity contribution in [2.24, 2.45) is 0 Å². The van der Waals surface area contributed by atoms with Crippen molar-refractivity contribution >= 4 is 11.9 Å². The molecule has 0 aromatic heterocycles. The molecule has 0 aliphatic heterocycles. The first-order chi connectivity index (χ1) is 34.5. The smallest absolute Gasteiger partial charge is 0.305 e. The molecule has 0 bridgehead atoms. The second kappa shape index (κ2) is 59.6. The number of aliphatic hydroxyl groups excluding tert-OH is 2. The summed E-state index contributed by atoms with van der Waals surface area (Å²) in [6.45, 7) is 4.88. The minimum atomic E-state index is -0.851. The third-order valence-corrected chi connectivity index (χ3v) is 14.4. The van der Waals surface area contributed by atoms with Crippen molar-refractivity contribution in [1.82, 2.24) is 5.32 Å². The van der Waals surface area contributed by atoms with Crippen molar-refractivity contribution < 1.29 is 24.5 Å². The Morgan fingerprint density at radius 1 is 0.400 bits per heavy atom. The zero-order chi connectivity index (χ0) is 50.7. The van der Waals surface area contributed by atoms with E-state index in [1.54, 1.807) is 6.08 Å². The number of hydrogen-bond donors (Lipinski definition) is 3. The molecule has 0 rings (SSSR count). The van der Waals surface area contributed by atoms with Crippen molar-refractivity contribution in [1.29, 1.82) is 0 Å². The van der Waals surface area contributed by atoms with Gasteiger partial charge in [0.15, 0.2) is 0 Å². The average molecular weight is 985 g/mol. The van der Waals surface area contributed by atoms with Crippen molar-refractivity contribution in [3.05, 3.63) is 36.5 Å². The molecule has 0 heterocycles. The normalized spacial score (nSPS) is 12.8. The molecule has 0 fully saturated rings. The highest BCUT2D eigenvalue weighted by atomic mass is 16.5. The molecule has 0 saturated carbocycles. The number of rotatable bonds is 58. The number of ether oxygens (including phenoxy) is 1. The van der Waals surface area contributed by atoms with E-state index in [0.29, 0.717) is 19.4 Å². The molecule has 1 amide bonds. The summed E-state index contributed by atoms with van der Waals surface area (Å²) in [4.78, 5) is 24.5. The van der Waals surface area contributed by atoms with Gasteiger partial charge in [0.25, 0.3) is 0 Å². The SMILES string of the molecule is CCCCCCCCCCCCCCCC/C=C/C(O)C(CO)NC(=O)CCCCCCCCCCCC/C=C\C=C/CCCCCOC(=O)CCCCCCCCCCCCCCCCCCCC. The van der Waals surface area contributed by atoms with Gasteiger partial charge in [-0.15, -0.1) is 0 Å². The number of hydrogen-bond acceptors (Lipinski definition) is 5. The molecule has 3 N–H and O–H groups in total. The van der Waals surface area contributed by atoms with Gasteiger partial charge in [-0.2, -0.15) is 0 Å². The topological polar surface area (TPSA) is 95.9 Å². The fourth-order valence-corrected chi connectivity index (χ4v) is 9.63. The van der Waals surface area contributed by atoms with Crippen molar-refractivity contribution in [3.8, 4) is 0 Å². The number of aliphatic hydroxyl groups is 2. The van der Waals surface area contributed by atoms with E-state index in [0.717, 1.165) is 77.0 Å². The molecule has 2 unspecified atom stereocenters. The van der Waals surface area contributed by atoms with Crippen LogP contribution in [0.5, 0.6) is 0 Å². The molecule has 0 aromatic rings. The van der Waals surface area contributed by atoms with E-state index in [4.69, 9.17) is 4.74 Å². The molecule has 2 atom stereocenters. The molecular weight excluding hydrogens is 863 g/mol. The van der Waals surface area contributed by atoms with Crippen LogP contribution in [0.4, 0.5) is 0 Å². The van der Waals surface area contributed by atoms with E-state index in [1.807, 2.05) is 6.08 Å². The number of carbonyl (C=O) groups excluding carboxylic acids is 2. The predicted molar refractivity (Wildman–Crippen MR) is 306 cm³/mol. The zero-order valence-electron chi connectivity index (χ0n) is 47.0. The van der Waals surface area contributed by atoms with E-state index in [9.17, 15) is 19.8 Å². The van der Waals surface area contributed by atoms with E-state index >= 15 is 0 Å². The van der Waals surface area contributed by atoms with Gasteiger partial charge in [-0.25, -0.2) is 0 Å². The Morgan fingerprint density at radius 2 is 0.700 bits per heavy atom. The number of allylic oxidation sites excluding steroid dienone is 5. The number of amides is 1. The summed E-state index contributed by atoms with van der Waals surface area (Å²) in [5.41, 5.74) is 0. The summed E-state index contributed by atoms with van der Waals surface area (Å²) in [5, 5.41) is 23.1. The molecule has 6 heteroatoms. The zero-order valence-corrected chi connectivity index (χ0v) is 47.0. The second-order valence-electron chi connectivity index (χ2n) is 21.4. The Kier molecular flexibility index (Phi) is 58.0. The molecule has 0 aliphatic rings. The van der Waals surface area contributed by atoms with Crippen LogP contribution in [0.1, 0.15) is 335 Å². The fraction of sp³-hybridized carbons (Fsp3) is 0.875. The first-order valence-corrected chi connectivity index (χ1v) is 31.3. The van der Waals surface area contributed by atoms with E-state index < -0.39 is 12.1 Å². The molecule has 412 valence electrons. The van der Waals surface area contributed by atoms with Gasteiger partial charge in [0.05, 0.1) is 25.4 Å². The third kappa shape index (κ3) is 55.4. The maximum absolute atomic E-state index is 12.5. The van der Waals surface area contributed by atoms with Gasteiger partial charge in [0.2, 0.25) is 5.91 Å². The van der Waals surface area contributed by atoms with Gasteiger partial charge in [-0.1, -0.05) is 294 Å². The lowest BCUT2D eigenvalue weighted by Gasteiger charge is -2.20. The van der Waals surface area contributed by atoms with Crippen molar-refractivity contribution in [3.63, 3.8) is 0 Å². The van der Waals surface area contributed by atoms with Gasteiger partial charge in [-0.05, 0) is 64.2 Å². The van der Waals surface area contributed by atoms with E-state index in [2.05, 4.69) is 43.5 Å². The Labute approximate surface area is 436 Å². The fourth-order valence-electron chi connectivity index (χ4n) is 9.63. The first-order valence-electron chi connectivity index (χ1n) is 31.3. The highest BCUT2D eigenvalue weighted by Crippen LogP contribution is 2.17. The maximum Gasteiger partial charge on any atom is 0.305 e. The minimum Gasteiger partial charge on any atom is -0.466 e. The van der Waals surface area contributed by atoms with Gasteiger partial charge < -0.3 is 20.3 Å². The predicted octanol–water partition coefficient (Wildman–Crippen LogP) is 19.6. The maximum atomic E-state index is 12.5. The average Bonchev–Trinajstić information content (AvgIpc) is 3.36. The van der Waals surface area contributed by atoms with Crippen LogP contribution >= 0.6 is 0 Å². The Bertz CT molecular complexity index is 1130. The Hall–Kier alpha value is -1.92. The lowest BCUT2D eigenvalue weighted by Crippen LogP contribution is -2.45. The Balaban J connectivity index is 3.48. The van der Waals surface area contributed by atoms with Gasteiger partial charge >= 0.3 is 5.97 Å². The molecule has 0 radical (unpaired) electrons. The summed E-state index contributed by atoms with van der Waals surface area (Å²) in [5.74, 6) is -0.0860. The number of esters is 1. The monoisotopic (exact) mass is 984 g/mol. The summed E-state index contributed by atoms with van der Waals surface area (Å²) in [6.07, 6.45) is 74.7. The number of carbonyl (C=O) groups is 2. The standard InChI is InChI=1S/C64H121NO5/c1-3-5-7-9-11-13-15-17-19-21-26-30-34-38-42-46-50-54-58-64(69)70-59-55-51-47-43-39-35-31-27-24-22-23-25-29-33-37-41-45-49-53-57-63(68)65-61(60-66)62(67)56-52-48-44-40-36-32-28-20-18-16-14-12-10-8-6-4-2/h27,31,35,39,52,56,61-62,66-67H,3-26,28-30,32-34,36-38,40-51,53-55,57-60H2,1-2H3,(H,65,68)/b31-27-,39-35-,56-52+. The summed E-state index contributed by atoms with van der Waals surface area (Å²) >= 11 is 0. The van der Waals surface area contributed by atoms with Crippen molar-refractivity contribution in [2.45, 2.75) is 347 Å². The highest BCUT2D eigenvalue weighted by molar-refractivity contribution is 5.76. The molecule has 0 aliphatic carbocycles. The number of nitrogens with one attached hydrogen (secondary N) is 1. The second-order valence-corrected chi connectivity index (χ2v) is 21.4. The summed E-state index contributed by atoms with van der Waals surface area (Å²) in [6, 6.07) is -0.636. The minimum absolute atomic E-state index is 0.00961. The van der Waals surface area contributed by atoms with Crippen LogP contribution < -0.4 is 5.32 Å². The van der Waals surface area contributed by atoms with Crippen LogP contribution in [0.2, 0.25) is 0 Å². The largest absolute Gasteiger partial charge is 0.466 e. The van der Waals surface area contributed by atoms with E-state index in [1.165, 1.54) is 231 Å². The molecule has 0 aromatic carbocycles. The van der Waals surface area contributed by atoms with Gasteiger partial charge in [0.1, 0.15) is 0 Å². The molecular formula is C64H121NO5. The third-order valence-electron chi connectivity index (χ3n) is 14.4. The Morgan fingerprint density at radius 3 is 1.06 bits per heavy atom. The number of unbranched alkanes of at least 4 members (excludes halogenated alkanes) is 44. The quantitative estimate of drug-likeness (QED) is 0.0244. The van der Waals surface area contributed by atoms with Crippen LogP contribution in [0.15, 0.2) is 36.5 Å². The van der Waals surface area contributed by atoms with Crippen LogP contribution in [-0.2, 0) is 14.3 Å².